The van der Waals surface area contributed by atoms with Gasteiger partial charge in [0.1, 0.15) is 4.99 Å². The minimum atomic E-state index is 0.688. The molecule has 0 aromatic carbocycles. The zero-order chi connectivity index (χ0) is 5.98. The van der Waals surface area contributed by atoms with Crippen molar-refractivity contribution in [3.8, 4) is 0 Å². The van der Waals surface area contributed by atoms with E-state index in [1.54, 1.807) is 0 Å². The van der Waals surface area contributed by atoms with Gasteiger partial charge in [0.15, 0.2) is 0 Å². The highest BCUT2D eigenvalue weighted by Crippen LogP contribution is 2.06. The van der Waals surface area contributed by atoms with E-state index in [-0.39, 0.29) is 0 Å². The normalized spacial score (nSPS) is 24.0. The van der Waals surface area contributed by atoms with E-state index in [1.807, 2.05) is 0 Å². The van der Waals surface area contributed by atoms with Crippen molar-refractivity contribution in [2.45, 2.75) is 6.42 Å². The molecule has 2 nitrogen and oxygen atoms in total. The Morgan fingerprint density at radius 2 is 2.50 bits per heavy atom. The van der Waals surface area contributed by atoms with Crippen LogP contribution in [0.25, 0.3) is 0 Å². The van der Waals surface area contributed by atoms with E-state index in [1.165, 1.54) is 0 Å². The van der Waals surface area contributed by atoms with E-state index in [2.05, 4.69) is 5.32 Å². The molecule has 44 valence electrons. The van der Waals surface area contributed by atoms with Crippen molar-refractivity contribution in [2.75, 3.05) is 6.54 Å². The molecule has 2 N–H and O–H groups in total. The first-order valence-electron chi connectivity index (χ1n) is 2.46. The molecular weight excluding hydrogens is 122 g/mol. The summed E-state index contributed by atoms with van der Waals surface area (Å²) in [5, 5.41) is 11.4. The first kappa shape index (κ1) is 5.56. The lowest BCUT2D eigenvalue weighted by molar-refractivity contribution is 0.469. The quantitative estimate of drug-likeness (QED) is 0.287. The molecule has 3 heteroatoms. The molecule has 1 saturated heterocycles. The zero-order valence-corrected chi connectivity index (χ0v) is 5.16. The van der Waals surface area contributed by atoms with Crippen LogP contribution in [0.15, 0.2) is 11.8 Å². The second-order valence-electron chi connectivity index (χ2n) is 1.66. The predicted molar refractivity (Wildman–Crippen MR) is 35.9 cm³/mol. The third kappa shape index (κ3) is 0.816. The van der Waals surface area contributed by atoms with Crippen LogP contribution in [0.2, 0.25) is 0 Å². The van der Waals surface area contributed by atoms with Crippen molar-refractivity contribution in [3.63, 3.8) is 0 Å². The zero-order valence-electron chi connectivity index (χ0n) is 4.35. The van der Waals surface area contributed by atoms with Crippen molar-refractivity contribution in [3.05, 3.63) is 11.8 Å². The number of aliphatic hydroxyl groups is 1. The maximum Gasteiger partial charge on any atom is 0.105 e. The summed E-state index contributed by atoms with van der Waals surface area (Å²) in [4.78, 5) is 0.688. The Morgan fingerprint density at radius 1 is 1.75 bits per heavy atom. The van der Waals surface area contributed by atoms with Crippen molar-refractivity contribution in [1.82, 2.24) is 5.32 Å². The van der Waals surface area contributed by atoms with Crippen LogP contribution in [0.3, 0.4) is 0 Å². The second-order valence-corrected chi connectivity index (χ2v) is 2.07. The molecule has 0 atom stereocenters. The standard InChI is InChI=1S/C5H7NOS/c7-3-4-1-2-6-5(4)8/h3,7H,1-2H2,(H,6,8)/b4-3+. The summed E-state index contributed by atoms with van der Waals surface area (Å²) in [6.45, 7) is 0.866. The van der Waals surface area contributed by atoms with E-state index in [0.29, 0.717) is 4.99 Å². The smallest absolute Gasteiger partial charge is 0.105 e. The molecule has 0 amide bonds. The number of hydrogen-bond acceptors (Lipinski definition) is 2. The summed E-state index contributed by atoms with van der Waals surface area (Å²) < 4.78 is 0. The Hall–Kier alpha value is -0.570. The highest BCUT2D eigenvalue weighted by Gasteiger charge is 2.10. The molecule has 1 fully saturated rings. The van der Waals surface area contributed by atoms with Gasteiger partial charge >= 0.3 is 0 Å². The lowest BCUT2D eigenvalue weighted by atomic mass is 10.3. The van der Waals surface area contributed by atoms with Crippen LogP contribution >= 0.6 is 12.2 Å². The van der Waals surface area contributed by atoms with Crippen LogP contribution in [-0.4, -0.2) is 16.6 Å². The fourth-order valence-corrected chi connectivity index (χ4v) is 0.918. The number of aliphatic hydroxyl groups excluding tert-OH is 1. The maximum absolute atomic E-state index is 8.45. The molecule has 0 aromatic rings. The Balaban J connectivity index is 2.69. The predicted octanol–water partition coefficient (Wildman–Crippen LogP) is 0.749. The number of rotatable bonds is 0. The van der Waals surface area contributed by atoms with Crippen LogP contribution in [-0.2, 0) is 0 Å². The molecule has 0 aromatic heterocycles. The van der Waals surface area contributed by atoms with Gasteiger partial charge in [0.25, 0.3) is 0 Å². The lowest BCUT2D eigenvalue weighted by Gasteiger charge is -1.89. The van der Waals surface area contributed by atoms with Crippen molar-refractivity contribution in [2.24, 2.45) is 0 Å². The third-order valence-corrected chi connectivity index (χ3v) is 1.53. The van der Waals surface area contributed by atoms with Gasteiger partial charge in [-0.2, -0.15) is 0 Å². The first-order chi connectivity index (χ1) is 3.84. The van der Waals surface area contributed by atoms with E-state index in [9.17, 15) is 0 Å². The average molecular weight is 129 g/mol. The fraction of sp³-hybridized carbons (Fsp3) is 0.400. The van der Waals surface area contributed by atoms with Crippen LogP contribution in [0.1, 0.15) is 6.42 Å². The van der Waals surface area contributed by atoms with Crippen molar-refractivity contribution in [1.29, 1.82) is 0 Å². The Bertz CT molecular complexity index is 141. The third-order valence-electron chi connectivity index (χ3n) is 1.13. The molecular formula is C5H7NOS. The highest BCUT2D eigenvalue weighted by molar-refractivity contribution is 7.80. The van der Waals surface area contributed by atoms with Gasteiger partial charge in [-0.3, -0.25) is 0 Å². The van der Waals surface area contributed by atoms with Gasteiger partial charge in [0, 0.05) is 12.1 Å². The Kier molecular flexibility index (Phi) is 1.48. The molecule has 0 bridgehead atoms. The molecule has 0 aliphatic carbocycles. The Labute approximate surface area is 53.2 Å². The van der Waals surface area contributed by atoms with Gasteiger partial charge in [-0.1, -0.05) is 12.2 Å². The van der Waals surface area contributed by atoms with Gasteiger partial charge in [0.2, 0.25) is 0 Å². The summed E-state index contributed by atoms with van der Waals surface area (Å²) >= 11 is 4.80. The summed E-state index contributed by atoms with van der Waals surface area (Å²) in [6.07, 6.45) is 1.93. The first-order valence-corrected chi connectivity index (χ1v) is 2.87. The second kappa shape index (κ2) is 2.13. The summed E-state index contributed by atoms with van der Waals surface area (Å²) in [7, 11) is 0. The minimum absolute atomic E-state index is 0.688. The van der Waals surface area contributed by atoms with Crippen LogP contribution < -0.4 is 5.32 Å². The SMILES string of the molecule is O/C=C1\CCNC1=S. The molecule has 1 aliphatic rings. The maximum atomic E-state index is 8.45. The van der Waals surface area contributed by atoms with Gasteiger partial charge in [0.05, 0.1) is 6.26 Å². The summed E-state index contributed by atoms with van der Waals surface area (Å²) in [5.41, 5.74) is 0.847. The summed E-state index contributed by atoms with van der Waals surface area (Å²) in [6, 6.07) is 0. The van der Waals surface area contributed by atoms with Gasteiger partial charge < -0.3 is 10.4 Å². The molecule has 0 unspecified atom stereocenters. The van der Waals surface area contributed by atoms with Crippen LogP contribution in [0.4, 0.5) is 0 Å². The molecule has 1 rings (SSSR count). The topological polar surface area (TPSA) is 32.3 Å². The highest BCUT2D eigenvalue weighted by atomic mass is 32.1. The lowest BCUT2D eigenvalue weighted by Crippen LogP contribution is -2.11. The van der Waals surface area contributed by atoms with Crippen molar-refractivity contribution < 1.29 is 5.11 Å². The van der Waals surface area contributed by atoms with Crippen LogP contribution in [0.5, 0.6) is 0 Å². The average Bonchev–Trinajstić information content (AvgIpc) is 2.14. The minimum Gasteiger partial charge on any atom is -0.515 e. The van der Waals surface area contributed by atoms with Gasteiger partial charge in [-0.15, -0.1) is 0 Å². The molecule has 1 aliphatic heterocycles. The van der Waals surface area contributed by atoms with E-state index >= 15 is 0 Å². The fourth-order valence-electron chi connectivity index (χ4n) is 0.661. The van der Waals surface area contributed by atoms with Crippen LogP contribution in [0, 0.1) is 0 Å². The molecule has 1 heterocycles. The largest absolute Gasteiger partial charge is 0.515 e. The van der Waals surface area contributed by atoms with Gasteiger partial charge in [-0.25, -0.2) is 0 Å². The number of hydrogen-bond donors (Lipinski definition) is 2. The van der Waals surface area contributed by atoms with E-state index in [4.69, 9.17) is 17.3 Å². The number of nitrogens with one attached hydrogen (secondary N) is 1. The Morgan fingerprint density at radius 3 is 2.75 bits per heavy atom. The van der Waals surface area contributed by atoms with E-state index < -0.39 is 0 Å². The molecule has 0 spiro atoms. The molecule has 8 heavy (non-hydrogen) atoms. The van der Waals surface area contributed by atoms with Gasteiger partial charge in [-0.05, 0) is 6.42 Å². The van der Waals surface area contributed by atoms with Crippen molar-refractivity contribution >= 4 is 17.2 Å². The number of thiocarbonyl (C=S) groups is 1. The van der Waals surface area contributed by atoms with E-state index in [0.717, 1.165) is 24.8 Å². The summed E-state index contributed by atoms with van der Waals surface area (Å²) in [5.74, 6) is 0. The molecule has 0 radical (unpaired) electrons. The monoisotopic (exact) mass is 129 g/mol. The molecule has 0 saturated carbocycles.